The van der Waals surface area contributed by atoms with Crippen LogP contribution in [0.3, 0.4) is 0 Å². The highest BCUT2D eigenvalue weighted by atomic mass is 32.2. The number of amides is 2. The maximum absolute atomic E-state index is 13.0. The number of phenols is 2. The minimum Gasteiger partial charge on any atom is -0.508 e. The molecule has 0 aromatic heterocycles. The van der Waals surface area contributed by atoms with Crippen LogP contribution in [0.25, 0.3) is 22.3 Å². The van der Waals surface area contributed by atoms with Gasteiger partial charge in [-0.25, -0.2) is 9.59 Å². The molecule has 0 bridgehead atoms. The van der Waals surface area contributed by atoms with Gasteiger partial charge in [-0.15, -0.1) is 0 Å². The fourth-order valence-electron chi connectivity index (χ4n) is 6.02. The average Bonchev–Trinajstić information content (AvgIpc) is 3.18. The van der Waals surface area contributed by atoms with Crippen LogP contribution in [0.1, 0.15) is 50.7 Å². The number of unbranched alkanes of at least 4 members (excludes halogenated alkanes) is 2. The summed E-state index contributed by atoms with van der Waals surface area (Å²) in [5.74, 6) is 1.09. The minimum atomic E-state index is -0.625. The Morgan fingerprint density at radius 2 is 0.964 bits per heavy atom. The summed E-state index contributed by atoms with van der Waals surface area (Å²) in [6.07, 6.45) is 5.12. The highest BCUT2D eigenvalue weighted by molar-refractivity contribution is 7.99. The van der Waals surface area contributed by atoms with E-state index >= 15 is 0 Å². The van der Waals surface area contributed by atoms with Crippen molar-refractivity contribution in [1.82, 2.24) is 0 Å². The van der Waals surface area contributed by atoms with Gasteiger partial charge in [0, 0.05) is 21.2 Å². The smallest absolute Gasteiger partial charge is 0.417 e. The van der Waals surface area contributed by atoms with Crippen LogP contribution in [0.15, 0.2) is 143 Å². The van der Waals surface area contributed by atoms with Crippen LogP contribution in [0.4, 0.5) is 21.0 Å². The van der Waals surface area contributed by atoms with E-state index in [4.69, 9.17) is 9.47 Å². The topological polar surface area (TPSA) is 117 Å². The van der Waals surface area contributed by atoms with Gasteiger partial charge in [0.15, 0.2) is 0 Å². The second-order valence-electron chi connectivity index (χ2n) is 13.1. The van der Waals surface area contributed by atoms with Gasteiger partial charge in [-0.2, -0.15) is 0 Å². The monoisotopic (exact) mass is 752 g/mol. The number of hydrogen-bond donors (Lipinski definition) is 4. The molecule has 6 aromatic carbocycles. The van der Waals surface area contributed by atoms with Crippen molar-refractivity contribution in [3.8, 4) is 45.3 Å². The van der Waals surface area contributed by atoms with Crippen LogP contribution < -0.4 is 20.1 Å². The highest BCUT2D eigenvalue weighted by Crippen LogP contribution is 2.43. The van der Waals surface area contributed by atoms with Crippen molar-refractivity contribution in [2.75, 3.05) is 10.6 Å². The lowest BCUT2D eigenvalue weighted by Crippen LogP contribution is -2.16. The van der Waals surface area contributed by atoms with Gasteiger partial charge >= 0.3 is 12.2 Å². The van der Waals surface area contributed by atoms with E-state index in [1.54, 1.807) is 72.8 Å². The number of anilines is 2. The van der Waals surface area contributed by atoms with Crippen molar-refractivity contribution in [2.24, 2.45) is 0 Å². The first kappa shape index (κ1) is 38.5. The van der Waals surface area contributed by atoms with Crippen LogP contribution in [0.5, 0.6) is 23.0 Å². The van der Waals surface area contributed by atoms with E-state index in [0.717, 1.165) is 70.6 Å². The molecule has 4 N–H and O–H groups in total. The molecule has 0 saturated carbocycles. The number of aromatic hydroxyl groups is 2. The van der Waals surface area contributed by atoms with Crippen LogP contribution in [-0.4, -0.2) is 22.4 Å². The largest absolute Gasteiger partial charge is 0.508 e. The zero-order valence-electron chi connectivity index (χ0n) is 30.9. The Bertz CT molecular complexity index is 2080. The maximum atomic E-state index is 13.0. The summed E-state index contributed by atoms with van der Waals surface area (Å²) in [5.41, 5.74) is 6.39. The Kier molecular flexibility index (Phi) is 13.1. The Labute approximate surface area is 326 Å². The molecule has 2 amide bonds. The SMILES string of the molecule is CCCCc1ccc(OC(=O)Nc2ccc(Sc3ccc(NC(=O)Oc4ccc(CCCC)cc4)cc3-c3cccc(O)c3)c(-c3cccc(O)c3)c2)cc1. The van der Waals surface area contributed by atoms with E-state index in [-0.39, 0.29) is 11.5 Å². The summed E-state index contributed by atoms with van der Waals surface area (Å²) < 4.78 is 11.2. The molecule has 0 aliphatic rings. The number of phenolic OH excluding ortho intramolecular Hbond substituents is 2. The second-order valence-corrected chi connectivity index (χ2v) is 14.2. The van der Waals surface area contributed by atoms with E-state index in [1.807, 2.05) is 60.7 Å². The zero-order valence-corrected chi connectivity index (χ0v) is 31.7. The summed E-state index contributed by atoms with van der Waals surface area (Å²) in [5, 5.41) is 26.5. The summed E-state index contributed by atoms with van der Waals surface area (Å²) >= 11 is 1.47. The predicted molar refractivity (Wildman–Crippen MR) is 221 cm³/mol. The van der Waals surface area contributed by atoms with Crippen molar-refractivity contribution in [2.45, 2.75) is 62.2 Å². The third-order valence-electron chi connectivity index (χ3n) is 8.89. The number of nitrogens with one attached hydrogen (secondary N) is 2. The Morgan fingerprint density at radius 1 is 0.545 bits per heavy atom. The van der Waals surface area contributed by atoms with Crippen LogP contribution >= 0.6 is 11.8 Å². The van der Waals surface area contributed by atoms with E-state index in [2.05, 4.69) is 24.5 Å². The first-order chi connectivity index (χ1) is 26.8. The van der Waals surface area contributed by atoms with E-state index < -0.39 is 12.2 Å². The van der Waals surface area contributed by atoms with Gasteiger partial charge in [-0.05, 0) is 144 Å². The van der Waals surface area contributed by atoms with Gasteiger partial charge in [0.1, 0.15) is 23.0 Å². The molecule has 0 unspecified atom stereocenters. The summed E-state index contributed by atoms with van der Waals surface area (Å²) in [7, 11) is 0. The molecule has 55 heavy (non-hydrogen) atoms. The number of ether oxygens (including phenoxy) is 2. The third kappa shape index (κ3) is 10.9. The molecule has 0 heterocycles. The number of carbonyl (C=O) groups is 2. The summed E-state index contributed by atoms with van der Waals surface area (Å²) in [4.78, 5) is 27.6. The molecule has 0 aliphatic heterocycles. The Hall–Kier alpha value is -6.19. The number of rotatable bonds is 14. The first-order valence-electron chi connectivity index (χ1n) is 18.5. The lowest BCUT2D eigenvalue weighted by atomic mass is 10.0. The molecule has 0 saturated heterocycles. The maximum Gasteiger partial charge on any atom is 0.417 e. The molecule has 0 radical (unpaired) electrons. The standard InChI is InChI=1S/C46H44N2O6S/c1-3-5-9-31-15-21-39(22-16-31)53-45(51)47-35-19-25-43(41(29-35)33-11-7-13-37(49)27-33)55-44-26-20-36(30-42(44)34-12-8-14-38(50)28-34)48-46(52)54-40-23-17-32(18-24-40)10-6-4-2/h7-8,11-30,49-50H,3-6,9-10H2,1-2H3,(H,47,51)(H,48,52). The molecule has 0 fully saturated rings. The predicted octanol–water partition coefficient (Wildman–Crippen LogP) is 12.5. The molecule has 9 heteroatoms. The van der Waals surface area contributed by atoms with E-state index in [0.29, 0.717) is 22.9 Å². The number of hydrogen-bond acceptors (Lipinski definition) is 7. The molecule has 6 aromatic rings. The number of aryl methyl sites for hydroxylation is 2. The molecule has 8 nitrogen and oxygen atoms in total. The van der Waals surface area contributed by atoms with Gasteiger partial charge < -0.3 is 19.7 Å². The summed E-state index contributed by atoms with van der Waals surface area (Å²) in [6.45, 7) is 4.31. The Morgan fingerprint density at radius 3 is 1.35 bits per heavy atom. The Balaban J connectivity index is 1.25. The molecular formula is C46H44N2O6S. The lowest BCUT2D eigenvalue weighted by molar-refractivity contribution is 0.214. The minimum absolute atomic E-state index is 0.101. The highest BCUT2D eigenvalue weighted by Gasteiger charge is 2.16. The average molecular weight is 753 g/mol. The molecular weight excluding hydrogens is 709 g/mol. The third-order valence-corrected chi connectivity index (χ3v) is 10.0. The van der Waals surface area contributed by atoms with Gasteiger partial charge in [-0.1, -0.05) is 87.0 Å². The number of carbonyl (C=O) groups excluding carboxylic acids is 2. The fraction of sp³-hybridized carbons (Fsp3) is 0.174. The van der Waals surface area contributed by atoms with Crippen molar-refractivity contribution in [3.63, 3.8) is 0 Å². The van der Waals surface area contributed by atoms with Crippen molar-refractivity contribution in [1.29, 1.82) is 0 Å². The molecule has 0 spiro atoms. The van der Waals surface area contributed by atoms with E-state index in [1.165, 1.54) is 22.9 Å². The van der Waals surface area contributed by atoms with E-state index in [9.17, 15) is 19.8 Å². The van der Waals surface area contributed by atoms with Gasteiger partial charge in [0.2, 0.25) is 0 Å². The summed E-state index contributed by atoms with van der Waals surface area (Å²) in [6, 6.07) is 39.9. The molecule has 0 aliphatic carbocycles. The van der Waals surface area contributed by atoms with Gasteiger partial charge in [-0.3, -0.25) is 10.6 Å². The van der Waals surface area contributed by atoms with Gasteiger partial charge in [0.05, 0.1) is 0 Å². The normalized spacial score (nSPS) is 10.8. The van der Waals surface area contributed by atoms with Gasteiger partial charge in [0.25, 0.3) is 0 Å². The van der Waals surface area contributed by atoms with Crippen molar-refractivity contribution < 1.29 is 29.3 Å². The van der Waals surface area contributed by atoms with Crippen molar-refractivity contribution >= 4 is 35.3 Å². The first-order valence-corrected chi connectivity index (χ1v) is 19.3. The quantitative estimate of drug-likeness (QED) is 0.0875. The molecule has 280 valence electrons. The zero-order chi connectivity index (χ0) is 38.6. The lowest BCUT2D eigenvalue weighted by Gasteiger charge is -2.16. The fourth-order valence-corrected chi connectivity index (χ4v) is 7.10. The second kappa shape index (κ2) is 18.7. The molecule has 6 rings (SSSR count). The van der Waals surface area contributed by atoms with Crippen LogP contribution in [0.2, 0.25) is 0 Å². The van der Waals surface area contributed by atoms with Crippen molar-refractivity contribution in [3.05, 3.63) is 145 Å². The van der Waals surface area contributed by atoms with Crippen LogP contribution in [0, 0.1) is 0 Å². The number of benzene rings is 6. The van der Waals surface area contributed by atoms with Crippen LogP contribution in [-0.2, 0) is 12.8 Å². The molecule has 0 atom stereocenters.